The van der Waals surface area contributed by atoms with Crippen molar-refractivity contribution in [3.05, 3.63) is 0 Å². The normalized spacial score (nSPS) is 60.6. The number of hydrogen-bond acceptors (Lipinski definition) is 2. The van der Waals surface area contributed by atoms with Gasteiger partial charge in [0, 0.05) is 20.7 Å². The summed E-state index contributed by atoms with van der Waals surface area (Å²) < 4.78 is 7.80. The molecule has 0 N–H and O–H groups in total. The molecule has 4 bridgehead atoms. The monoisotopic (exact) mass is 540 g/mol. The van der Waals surface area contributed by atoms with E-state index in [1.807, 2.05) is 0 Å². The number of carbonyl (C=O) groups excluding carboxylic acids is 1. The van der Waals surface area contributed by atoms with E-state index in [0.29, 0.717) is 43.7 Å². The number of hydrogen-bond donors (Lipinski definition) is 0. The molecule has 0 radical (unpaired) electrons. The minimum absolute atomic E-state index is 0.00547. The molecular weight excluding hydrogens is 499 g/mol. The Balaban J connectivity index is 1.34. The SMILES string of the molecule is CC(C)(C)[Si](C)(C)O[C@@]12CC[C@]3(C)[C@H]4C[C@H]5C6C(=O)[C@]4(CC[C@H]3[C@]1(C)C2)[C@H](I)[C@@]65C. The van der Waals surface area contributed by atoms with Crippen molar-refractivity contribution in [2.24, 2.45) is 45.3 Å². The van der Waals surface area contributed by atoms with Gasteiger partial charge < -0.3 is 4.43 Å². The summed E-state index contributed by atoms with van der Waals surface area (Å²) in [6.45, 7) is 19.6. The van der Waals surface area contributed by atoms with Crippen LogP contribution in [-0.2, 0) is 9.22 Å². The minimum Gasteiger partial charge on any atom is -0.411 e. The molecule has 7 rings (SSSR count). The molecule has 30 heavy (non-hydrogen) atoms. The molecule has 2 nitrogen and oxygen atoms in total. The number of carbonyl (C=O) groups is 1. The molecule has 168 valence electrons. The molecule has 4 heteroatoms. The van der Waals surface area contributed by atoms with Crippen LogP contribution in [0.3, 0.4) is 0 Å². The Morgan fingerprint density at radius 3 is 2.30 bits per heavy atom. The van der Waals surface area contributed by atoms with Crippen LogP contribution in [0.4, 0.5) is 0 Å². The van der Waals surface area contributed by atoms with Crippen LogP contribution in [0.25, 0.3) is 0 Å². The number of ketones is 1. The first-order valence-electron chi connectivity index (χ1n) is 12.5. The third kappa shape index (κ3) is 1.95. The first kappa shape index (κ1) is 21.1. The molecule has 0 saturated heterocycles. The molecule has 0 heterocycles. The van der Waals surface area contributed by atoms with E-state index in [1.165, 1.54) is 32.1 Å². The lowest BCUT2D eigenvalue weighted by molar-refractivity contribution is -0.170. The van der Waals surface area contributed by atoms with E-state index in [0.717, 1.165) is 12.3 Å². The van der Waals surface area contributed by atoms with Crippen LogP contribution in [0.15, 0.2) is 0 Å². The van der Waals surface area contributed by atoms with Crippen LogP contribution >= 0.6 is 22.6 Å². The summed E-state index contributed by atoms with van der Waals surface area (Å²) in [6.07, 6.45) is 7.52. The van der Waals surface area contributed by atoms with Gasteiger partial charge in [0.2, 0.25) is 0 Å². The maximum absolute atomic E-state index is 13.7. The molecule has 7 saturated carbocycles. The lowest BCUT2D eigenvalue weighted by atomic mass is 9.41. The minimum atomic E-state index is -1.78. The predicted molar refractivity (Wildman–Crippen MR) is 132 cm³/mol. The van der Waals surface area contributed by atoms with Gasteiger partial charge in [-0.25, -0.2) is 0 Å². The molecule has 1 unspecified atom stereocenters. The number of fused-ring (bicyclic) bond motifs is 3. The van der Waals surface area contributed by atoms with Gasteiger partial charge in [0.1, 0.15) is 5.78 Å². The second kappa shape index (κ2) is 5.29. The van der Waals surface area contributed by atoms with Gasteiger partial charge in [0.15, 0.2) is 8.32 Å². The number of halogens is 1. The zero-order valence-electron chi connectivity index (χ0n) is 20.3. The zero-order chi connectivity index (χ0) is 21.9. The highest BCUT2D eigenvalue weighted by Crippen LogP contribution is 2.87. The van der Waals surface area contributed by atoms with Crippen molar-refractivity contribution in [2.75, 3.05) is 0 Å². The molecule has 7 fully saturated rings. The Bertz CT molecular complexity index is 864. The van der Waals surface area contributed by atoms with Gasteiger partial charge in [-0.15, -0.1) is 0 Å². The van der Waals surface area contributed by atoms with Crippen molar-refractivity contribution >= 4 is 36.7 Å². The van der Waals surface area contributed by atoms with E-state index in [4.69, 9.17) is 4.43 Å². The summed E-state index contributed by atoms with van der Waals surface area (Å²) in [5, 5.41) is 0.268. The van der Waals surface area contributed by atoms with Gasteiger partial charge in [-0.05, 0) is 85.2 Å². The van der Waals surface area contributed by atoms with Gasteiger partial charge in [-0.2, -0.15) is 0 Å². The molecule has 0 aromatic rings. The van der Waals surface area contributed by atoms with E-state index in [-0.39, 0.29) is 16.1 Å². The van der Waals surface area contributed by atoms with E-state index in [1.54, 1.807) is 0 Å². The summed E-state index contributed by atoms with van der Waals surface area (Å²) in [6, 6.07) is 0. The average molecular weight is 541 g/mol. The summed E-state index contributed by atoms with van der Waals surface area (Å²) in [5.74, 6) is 3.16. The molecule has 7 aliphatic carbocycles. The Hall–Kier alpha value is 0.577. The third-order valence-electron chi connectivity index (χ3n) is 12.7. The van der Waals surface area contributed by atoms with Crippen LogP contribution in [0.2, 0.25) is 18.1 Å². The highest BCUT2D eigenvalue weighted by molar-refractivity contribution is 14.1. The van der Waals surface area contributed by atoms with Crippen molar-refractivity contribution in [1.29, 1.82) is 0 Å². The molecule has 7 aliphatic rings. The first-order chi connectivity index (χ1) is 13.6. The maximum atomic E-state index is 13.7. The fraction of sp³-hybridized carbons (Fsp3) is 0.962. The fourth-order valence-corrected chi connectivity index (χ4v) is 13.5. The van der Waals surface area contributed by atoms with Crippen molar-refractivity contribution in [3.8, 4) is 0 Å². The number of alkyl halides is 1. The average Bonchev–Trinajstić information content (AvgIpc) is 3.42. The Morgan fingerprint density at radius 1 is 1.07 bits per heavy atom. The second-order valence-electron chi connectivity index (χ2n) is 14.6. The Kier molecular flexibility index (Phi) is 3.73. The number of Topliss-reactive ketones (excluding diaryl/α,β-unsaturated/α-hetero) is 1. The highest BCUT2D eigenvalue weighted by Gasteiger charge is 2.88. The third-order valence-corrected chi connectivity index (χ3v) is 19.7. The van der Waals surface area contributed by atoms with Crippen LogP contribution < -0.4 is 0 Å². The van der Waals surface area contributed by atoms with Crippen molar-refractivity contribution in [1.82, 2.24) is 0 Å². The molecule has 0 amide bonds. The van der Waals surface area contributed by atoms with Crippen LogP contribution in [0.1, 0.15) is 80.1 Å². The van der Waals surface area contributed by atoms with Crippen molar-refractivity contribution < 1.29 is 9.22 Å². The predicted octanol–water partition coefficient (Wildman–Crippen LogP) is 7.01. The molecule has 10 atom stereocenters. The Morgan fingerprint density at radius 2 is 1.73 bits per heavy atom. The smallest absolute Gasteiger partial charge is 0.192 e. The van der Waals surface area contributed by atoms with E-state index in [9.17, 15) is 4.79 Å². The largest absolute Gasteiger partial charge is 0.411 e. The van der Waals surface area contributed by atoms with Crippen LogP contribution in [-0.4, -0.2) is 23.6 Å². The summed E-state index contributed by atoms with van der Waals surface area (Å²) in [4.78, 5) is 13.7. The van der Waals surface area contributed by atoms with Crippen LogP contribution in [0, 0.1) is 45.3 Å². The van der Waals surface area contributed by atoms with Gasteiger partial charge in [-0.1, -0.05) is 64.1 Å². The first-order valence-corrected chi connectivity index (χ1v) is 16.7. The standard InChI is InChI=1S/C26H41IO2Si/c1-21(2,3)30(7,8)29-25-12-11-22(4)16(23(25,5)14-25)9-10-26-17(22)13-15-18(19(26)28)24(15,6)20(26)27/h15-18,20H,9-14H2,1-8H3/t15-,16+,17+,18?,20+,22-,23-,24+,25+,26+/m0/s1. The van der Waals surface area contributed by atoms with E-state index < -0.39 is 8.32 Å². The lowest BCUT2D eigenvalue weighted by Crippen LogP contribution is -2.63. The summed E-state index contributed by atoms with van der Waals surface area (Å²) in [7, 11) is -1.78. The molecule has 0 aromatic heterocycles. The molecule has 1 spiro atoms. The fourth-order valence-electron chi connectivity index (χ4n) is 9.92. The number of rotatable bonds is 2. The summed E-state index contributed by atoms with van der Waals surface area (Å²) in [5.41, 5.74) is 1.13. The van der Waals surface area contributed by atoms with Crippen molar-refractivity contribution in [2.45, 2.75) is 108 Å². The zero-order valence-corrected chi connectivity index (χ0v) is 23.5. The quantitative estimate of drug-likeness (QED) is 0.214. The Labute approximate surface area is 198 Å². The van der Waals surface area contributed by atoms with E-state index in [2.05, 4.69) is 77.2 Å². The van der Waals surface area contributed by atoms with Gasteiger partial charge >= 0.3 is 0 Å². The molecule has 0 aliphatic heterocycles. The topological polar surface area (TPSA) is 26.3 Å². The van der Waals surface area contributed by atoms with Gasteiger partial charge in [-0.3, -0.25) is 4.79 Å². The summed E-state index contributed by atoms with van der Waals surface area (Å²) >= 11 is 2.73. The van der Waals surface area contributed by atoms with E-state index >= 15 is 0 Å². The van der Waals surface area contributed by atoms with Gasteiger partial charge in [0.25, 0.3) is 0 Å². The molecule has 0 aromatic carbocycles. The maximum Gasteiger partial charge on any atom is 0.192 e. The van der Waals surface area contributed by atoms with Crippen molar-refractivity contribution in [3.63, 3.8) is 0 Å². The van der Waals surface area contributed by atoms with Gasteiger partial charge in [0.05, 0.1) is 5.60 Å². The lowest BCUT2D eigenvalue weighted by Gasteiger charge is -2.64. The second-order valence-corrected chi connectivity index (χ2v) is 20.5. The molecular formula is C26H41IO2Si. The highest BCUT2D eigenvalue weighted by atomic mass is 127. The van der Waals surface area contributed by atoms with Crippen LogP contribution in [0.5, 0.6) is 0 Å².